The smallest absolute Gasteiger partial charge is 0.123 e. The van der Waals surface area contributed by atoms with E-state index in [0.717, 1.165) is 23.5 Å². The summed E-state index contributed by atoms with van der Waals surface area (Å²) in [7, 11) is 0. The molecule has 0 saturated carbocycles. The molecule has 0 aliphatic carbocycles. The van der Waals surface area contributed by atoms with Crippen molar-refractivity contribution in [3.63, 3.8) is 0 Å². The van der Waals surface area contributed by atoms with Gasteiger partial charge in [0.2, 0.25) is 0 Å². The first-order valence-electron chi connectivity index (χ1n) is 5.80. The fraction of sp³-hybridized carbons (Fsp3) is 0.538. The first-order valence-corrected chi connectivity index (χ1v) is 5.80. The van der Waals surface area contributed by atoms with Gasteiger partial charge in [-0.2, -0.15) is 0 Å². The van der Waals surface area contributed by atoms with E-state index in [2.05, 4.69) is 6.92 Å². The van der Waals surface area contributed by atoms with Gasteiger partial charge in [-0.3, -0.25) is 0 Å². The zero-order chi connectivity index (χ0) is 11.5. The van der Waals surface area contributed by atoms with Crippen LogP contribution in [0.2, 0.25) is 0 Å². The van der Waals surface area contributed by atoms with Gasteiger partial charge in [-0.15, -0.1) is 0 Å². The molecule has 1 N–H and O–H groups in total. The molecular weight excluding hydrogens is 204 g/mol. The summed E-state index contributed by atoms with van der Waals surface area (Å²) >= 11 is 0. The van der Waals surface area contributed by atoms with Gasteiger partial charge < -0.3 is 14.6 Å². The van der Waals surface area contributed by atoms with Crippen LogP contribution >= 0.6 is 0 Å². The van der Waals surface area contributed by atoms with Crippen LogP contribution in [-0.4, -0.2) is 24.4 Å². The maximum absolute atomic E-state index is 9.02. The molecule has 1 heterocycles. The lowest BCUT2D eigenvalue weighted by atomic mass is 10.0. The quantitative estimate of drug-likeness (QED) is 0.846. The molecule has 2 rings (SSSR count). The van der Waals surface area contributed by atoms with Crippen molar-refractivity contribution in [3.8, 4) is 11.5 Å². The van der Waals surface area contributed by atoms with Gasteiger partial charge in [0.15, 0.2) is 0 Å². The Labute approximate surface area is 96.0 Å². The fourth-order valence-corrected chi connectivity index (χ4v) is 2.09. The molecule has 1 atom stereocenters. The third kappa shape index (κ3) is 2.14. The average Bonchev–Trinajstić information content (AvgIpc) is 2.58. The Hall–Kier alpha value is -1.22. The van der Waals surface area contributed by atoms with Gasteiger partial charge in [0, 0.05) is 24.2 Å². The largest absolute Gasteiger partial charge is 0.494 e. The number of aliphatic hydroxyl groups excluding tert-OH is 1. The topological polar surface area (TPSA) is 38.7 Å². The van der Waals surface area contributed by atoms with Gasteiger partial charge in [0.1, 0.15) is 17.6 Å². The molecule has 1 unspecified atom stereocenters. The van der Waals surface area contributed by atoms with E-state index in [1.54, 1.807) is 0 Å². The van der Waals surface area contributed by atoms with Gasteiger partial charge in [0.25, 0.3) is 0 Å². The highest BCUT2D eigenvalue weighted by Crippen LogP contribution is 2.35. The molecule has 88 valence electrons. The second kappa shape index (κ2) is 4.74. The highest BCUT2D eigenvalue weighted by molar-refractivity contribution is 5.48. The fourth-order valence-electron chi connectivity index (χ4n) is 2.09. The summed E-state index contributed by atoms with van der Waals surface area (Å²) in [4.78, 5) is 0. The molecule has 0 spiro atoms. The van der Waals surface area contributed by atoms with Gasteiger partial charge in [-0.25, -0.2) is 0 Å². The minimum Gasteiger partial charge on any atom is -0.494 e. The Bertz CT molecular complexity index is 339. The Balaban J connectivity index is 2.33. The van der Waals surface area contributed by atoms with Gasteiger partial charge in [-0.05, 0) is 32.4 Å². The van der Waals surface area contributed by atoms with Crippen molar-refractivity contribution < 1.29 is 14.6 Å². The molecule has 1 aliphatic rings. The van der Waals surface area contributed by atoms with Crippen LogP contribution in [0.4, 0.5) is 0 Å². The van der Waals surface area contributed by atoms with Crippen molar-refractivity contribution in [2.45, 2.75) is 32.8 Å². The summed E-state index contributed by atoms with van der Waals surface area (Å²) in [6.45, 7) is 4.81. The third-order valence-electron chi connectivity index (χ3n) is 2.76. The highest BCUT2D eigenvalue weighted by Gasteiger charge is 2.21. The van der Waals surface area contributed by atoms with E-state index in [9.17, 15) is 0 Å². The molecule has 0 bridgehead atoms. The SMILES string of the molecule is CCOc1cc2c(cc1CCO)OC(C)C2. The van der Waals surface area contributed by atoms with E-state index >= 15 is 0 Å². The number of ether oxygens (including phenoxy) is 2. The Morgan fingerprint density at radius 2 is 2.31 bits per heavy atom. The first-order chi connectivity index (χ1) is 7.74. The van der Waals surface area contributed by atoms with Crippen molar-refractivity contribution >= 4 is 0 Å². The van der Waals surface area contributed by atoms with E-state index in [-0.39, 0.29) is 12.7 Å². The monoisotopic (exact) mass is 222 g/mol. The molecule has 1 aromatic rings. The first kappa shape index (κ1) is 11.3. The Morgan fingerprint density at radius 3 is 3.00 bits per heavy atom. The lowest BCUT2D eigenvalue weighted by molar-refractivity contribution is 0.254. The zero-order valence-corrected chi connectivity index (χ0v) is 9.82. The predicted molar refractivity (Wildman–Crippen MR) is 62.2 cm³/mol. The van der Waals surface area contributed by atoms with Crippen molar-refractivity contribution in [2.24, 2.45) is 0 Å². The van der Waals surface area contributed by atoms with Crippen molar-refractivity contribution in [3.05, 3.63) is 23.3 Å². The minimum atomic E-state index is 0.133. The summed E-state index contributed by atoms with van der Waals surface area (Å²) in [5.74, 6) is 1.83. The van der Waals surface area contributed by atoms with E-state index in [1.165, 1.54) is 5.56 Å². The van der Waals surface area contributed by atoms with Crippen LogP contribution in [0.3, 0.4) is 0 Å². The molecule has 0 fully saturated rings. The average molecular weight is 222 g/mol. The van der Waals surface area contributed by atoms with Crippen LogP contribution in [-0.2, 0) is 12.8 Å². The van der Waals surface area contributed by atoms with E-state index in [1.807, 2.05) is 19.1 Å². The molecule has 0 aromatic heterocycles. The van der Waals surface area contributed by atoms with Crippen molar-refractivity contribution in [1.29, 1.82) is 0 Å². The highest BCUT2D eigenvalue weighted by atomic mass is 16.5. The molecule has 1 aliphatic heterocycles. The molecule has 16 heavy (non-hydrogen) atoms. The summed E-state index contributed by atoms with van der Waals surface area (Å²) in [5, 5.41) is 9.02. The van der Waals surface area contributed by atoms with Gasteiger partial charge >= 0.3 is 0 Å². The van der Waals surface area contributed by atoms with Crippen LogP contribution in [0.1, 0.15) is 25.0 Å². The Kier molecular flexibility index (Phi) is 3.34. The minimum absolute atomic E-state index is 0.133. The maximum atomic E-state index is 9.02. The number of hydrogen-bond donors (Lipinski definition) is 1. The molecule has 0 radical (unpaired) electrons. The number of fused-ring (bicyclic) bond motifs is 1. The van der Waals surface area contributed by atoms with E-state index < -0.39 is 0 Å². The normalized spacial score (nSPS) is 18.1. The van der Waals surface area contributed by atoms with Crippen LogP contribution in [0.5, 0.6) is 11.5 Å². The summed E-state index contributed by atoms with van der Waals surface area (Å²) in [6, 6.07) is 4.05. The van der Waals surface area contributed by atoms with Crippen molar-refractivity contribution in [1.82, 2.24) is 0 Å². The van der Waals surface area contributed by atoms with Gasteiger partial charge in [-0.1, -0.05) is 0 Å². The van der Waals surface area contributed by atoms with Crippen LogP contribution in [0, 0.1) is 0 Å². The van der Waals surface area contributed by atoms with E-state index in [0.29, 0.717) is 13.0 Å². The predicted octanol–water partition coefficient (Wildman–Crippen LogP) is 1.94. The number of aliphatic hydroxyl groups is 1. The van der Waals surface area contributed by atoms with Crippen LogP contribution < -0.4 is 9.47 Å². The number of rotatable bonds is 4. The lowest BCUT2D eigenvalue weighted by Gasteiger charge is -2.11. The lowest BCUT2D eigenvalue weighted by Crippen LogP contribution is -2.05. The molecular formula is C13H18O3. The number of hydrogen-bond acceptors (Lipinski definition) is 3. The molecule has 0 saturated heterocycles. The standard InChI is InChI=1S/C13H18O3/c1-3-15-12-8-11-6-9(2)16-13(11)7-10(12)4-5-14/h7-9,14H,3-6H2,1-2H3. The van der Waals surface area contributed by atoms with Crippen LogP contribution in [0.25, 0.3) is 0 Å². The molecule has 1 aromatic carbocycles. The summed E-state index contributed by atoms with van der Waals surface area (Å²) in [5.41, 5.74) is 2.23. The van der Waals surface area contributed by atoms with Crippen LogP contribution in [0.15, 0.2) is 12.1 Å². The molecule has 3 heteroatoms. The Morgan fingerprint density at radius 1 is 1.50 bits per heavy atom. The van der Waals surface area contributed by atoms with E-state index in [4.69, 9.17) is 14.6 Å². The molecule has 3 nitrogen and oxygen atoms in total. The number of benzene rings is 1. The second-order valence-electron chi connectivity index (χ2n) is 4.11. The zero-order valence-electron chi connectivity index (χ0n) is 9.82. The summed E-state index contributed by atoms with van der Waals surface area (Å²) in [6.07, 6.45) is 1.80. The third-order valence-corrected chi connectivity index (χ3v) is 2.76. The summed E-state index contributed by atoms with van der Waals surface area (Å²) < 4.78 is 11.3. The maximum Gasteiger partial charge on any atom is 0.123 e. The molecule has 0 amide bonds. The van der Waals surface area contributed by atoms with Gasteiger partial charge in [0.05, 0.1) is 6.61 Å². The van der Waals surface area contributed by atoms with Crippen molar-refractivity contribution in [2.75, 3.05) is 13.2 Å². The second-order valence-corrected chi connectivity index (χ2v) is 4.11.